The third-order valence-electron chi connectivity index (χ3n) is 4.28. The Bertz CT molecular complexity index is 738. The molecule has 3 rings (SSSR count). The highest BCUT2D eigenvalue weighted by molar-refractivity contribution is 14.0. The summed E-state index contributed by atoms with van der Waals surface area (Å²) in [5.74, 6) is 2.56. The van der Waals surface area contributed by atoms with Crippen molar-refractivity contribution in [3.63, 3.8) is 0 Å². The maximum Gasteiger partial charge on any atom is 0.193 e. The number of aryl methyl sites for hydroxylation is 1. The van der Waals surface area contributed by atoms with Gasteiger partial charge in [0.25, 0.3) is 0 Å². The quantitative estimate of drug-likeness (QED) is 0.260. The third-order valence-corrected chi connectivity index (χ3v) is 4.28. The Kier molecular flexibility index (Phi) is 9.32. The molecule has 1 aliphatic heterocycles. The Labute approximate surface area is 183 Å². The molecule has 2 heterocycles. The summed E-state index contributed by atoms with van der Waals surface area (Å²) in [5, 5.41) is 11.0. The van der Waals surface area contributed by atoms with Crippen LogP contribution in [0.25, 0.3) is 0 Å². The van der Waals surface area contributed by atoms with Crippen LogP contribution in [0.5, 0.6) is 11.5 Å². The van der Waals surface area contributed by atoms with Crippen molar-refractivity contribution >= 4 is 29.9 Å². The number of fused-ring (bicyclic) bond motifs is 1. The van der Waals surface area contributed by atoms with Gasteiger partial charge in [0, 0.05) is 33.2 Å². The molecule has 0 amide bonds. The number of aromatic nitrogens is 3. The number of aliphatic imine (C=N–C) groups is 1. The number of ether oxygens (including phenoxy) is 2. The number of hydrogen-bond donors (Lipinski definition) is 1. The van der Waals surface area contributed by atoms with Crippen LogP contribution in [0.15, 0.2) is 35.8 Å². The minimum Gasteiger partial charge on any atom is -0.486 e. The van der Waals surface area contributed by atoms with Crippen molar-refractivity contribution in [2.75, 3.05) is 33.4 Å². The topological polar surface area (TPSA) is 76.8 Å². The fraction of sp³-hybridized carbons (Fsp3) is 0.526. The van der Waals surface area contributed by atoms with E-state index in [9.17, 15) is 0 Å². The predicted molar refractivity (Wildman–Crippen MR) is 120 cm³/mol. The summed E-state index contributed by atoms with van der Waals surface area (Å²) >= 11 is 0. The zero-order valence-electron chi connectivity index (χ0n) is 16.5. The van der Waals surface area contributed by atoms with Crippen LogP contribution in [0.2, 0.25) is 0 Å². The number of halogens is 1. The molecule has 9 heteroatoms. The van der Waals surface area contributed by atoms with Gasteiger partial charge in [0.15, 0.2) is 17.5 Å². The molecule has 0 saturated carbocycles. The van der Waals surface area contributed by atoms with Gasteiger partial charge in [0.1, 0.15) is 25.9 Å². The van der Waals surface area contributed by atoms with E-state index in [4.69, 9.17) is 14.5 Å². The molecule has 0 unspecified atom stereocenters. The van der Waals surface area contributed by atoms with Crippen LogP contribution in [0, 0.1) is 0 Å². The lowest BCUT2D eigenvalue weighted by molar-refractivity contribution is 0.171. The molecule has 154 valence electrons. The van der Waals surface area contributed by atoms with E-state index in [1.807, 2.05) is 16.7 Å². The van der Waals surface area contributed by atoms with Crippen LogP contribution >= 0.6 is 24.0 Å². The van der Waals surface area contributed by atoms with E-state index in [0.29, 0.717) is 13.2 Å². The molecule has 0 spiro atoms. The van der Waals surface area contributed by atoms with Crippen LogP contribution in [0.3, 0.4) is 0 Å². The minimum absolute atomic E-state index is 0. The summed E-state index contributed by atoms with van der Waals surface area (Å²) in [6, 6.07) is 6.10. The Morgan fingerprint density at radius 3 is 2.68 bits per heavy atom. The molecule has 0 atom stereocenters. The Morgan fingerprint density at radius 1 is 1.18 bits per heavy atom. The zero-order valence-corrected chi connectivity index (χ0v) is 18.8. The molecular formula is C19H29IN6O2. The molecule has 1 aromatic heterocycles. The van der Waals surface area contributed by atoms with E-state index in [2.05, 4.69) is 40.5 Å². The van der Waals surface area contributed by atoms with Gasteiger partial charge in [-0.1, -0.05) is 6.07 Å². The van der Waals surface area contributed by atoms with Crippen molar-refractivity contribution in [1.29, 1.82) is 0 Å². The molecule has 0 fully saturated rings. The first kappa shape index (κ1) is 22.3. The first-order valence-electron chi connectivity index (χ1n) is 9.46. The molecular weight excluding hydrogens is 471 g/mol. The van der Waals surface area contributed by atoms with Gasteiger partial charge in [0.2, 0.25) is 0 Å². The Balaban J connectivity index is 0.00000280. The second-order valence-electron chi connectivity index (χ2n) is 6.48. The maximum absolute atomic E-state index is 5.68. The summed E-state index contributed by atoms with van der Waals surface area (Å²) in [5.41, 5.74) is 1.17. The van der Waals surface area contributed by atoms with E-state index < -0.39 is 0 Å². The van der Waals surface area contributed by atoms with E-state index in [1.165, 1.54) is 5.56 Å². The first-order valence-corrected chi connectivity index (χ1v) is 9.46. The van der Waals surface area contributed by atoms with Crippen molar-refractivity contribution in [3.05, 3.63) is 36.4 Å². The zero-order chi connectivity index (χ0) is 18.9. The third kappa shape index (κ3) is 6.54. The van der Waals surface area contributed by atoms with Crippen LogP contribution in [-0.4, -0.2) is 59.0 Å². The monoisotopic (exact) mass is 500 g/mol. The lowest BCUT2D eigenvalue weighted by Gasteiger charge is -2.24. The minimum atomic E-state index is 0. The second kappa shape index (κ2) is 11.7. The maximum atomic E-state index is 5.68. The normalized spacial score (nSPS) is 13.0. The SMILES string of the molecule is CCNC(=NCCCCn1cnnc1)N(C)Cc1ccc2c(c1)OCCO2.I. The van der Waals surface area contributed by atoms with Gasteiger partial charge in [-0.25, -0.2) is 0 Å². The first-order chi connectivity index (χ1) is 13.3. The second-order valence-corrected chi connectivity index (χ2v) is 6.48. The molecule has 1 aliphatic rings. The highest BCUT2D eigenvalue weighted by Crippen LogP contribution is 2.31. The molecule has 8 nitrogen and oxygen atoms in total. The average Bonchev–Trinajstić information content (AvgIpc) is 3.20. The number of nitrogens with zero attached hydrogens (tertiary/aromatic N) is 5. The number of unbranched alkanes of at least 4 members (excludes halogenated alkanes) is 1. The summed E-state index contributed by atoms with van der Waals surface area (Å²) in [6.45, 7) is 6.60. The van der Waals surface area contributed by atoms with Crippen LogP contribution in [0.4, 0.5) is 0 Å². The van der Waals surface area contributed by atoms with Gasteiger partial charge in [-0.05, 0) is 37.5 Å². The molecule has 2 aromatic rings. The molecule has 0 aliphatic carbocycles. The van der Waals surface area contributed by atoms with Crippen LogP contribution in [0.1, 0.15) is 25.3 Å². The predicted octanol–water partition coefficient (Wildman–Crippen LogP) is 2.55. The molecule has 1 aromatic carbocycles. The molecule has 0 bridgehead atoms. The van der Waals surface area contributed by atoms with E-state index in [1.54, 1.807) is 12.7 Å². The Hall–Kier alpha value is -2.04. The van der Waals surface area contributed by atoms with Crippen molar-refractivity contribution in [2.45, 2.75) is 32.9 Å². The molecule has 1 N–H and O–H groups in total. The van der Waals surface area contributed by atoms with Gasteiger partial charge in [-0.3, -0.25) is 4.99 Å². The fourth-order valence-corrected chi connectivity index (χ4v) is 2.93. The summed E-state index contributed by atoms with van der Waals surface area (Å²) < 4.78 is 13.3. The largest absolute Gasteiger partial charge is 0.486 e. The number of rotatable bonds is 8. The number of hydrogen-bond acceptors (Lipinski definition) is 5. The van der Waals surface area contributed by atoms with Crippen LogP contribution < -0.4 is 14.8 Å². The summed E-state index contributed by atoms with van der Waals surface area (Å²) in [6.07, 6.45) is 5.56. The smallest absolute Gasteiger partial charge is 0.193 e. The molecule has 0 radical (unpaired) electrons. The van der Waals surface area contributed by atoms with Gasteiger partial charge >= 0.3 is 0 Å². The lowest BCUT2D eigenvalue weighted by Crippen LogP contribution is -2.38. The van der Waals surface area contributed by atoms with Gasteiger partial charge in [-0.2, -0.15) is 0 Å². The van der Waals surface area contributed by atoms with Gasteiger partial charge in [0.05, 0.1) is 0 Å². The van der Waals surface area contributed by atoms with Crippen molar-refractivity contribution in [1.82, 2.24) is 25.0 Å². The number of benzene rings is 1. The van der Waals surface area contributed by atoms with Crippen molar-refractivity contribution in [3.8, 4) is 11.5 Å². The highest BCUT2D eigenvalue weighted by atomic mass is 127. The summed E-state index contributed by atoms with van der Waals surface area (Å²) in [7, 11) is 2.05. The number of guanidine groups is 1. The van der Waals surface area contributed by atoms with E-state index >= 15 is 0 Å². The Morgan fingerprint density at radius 2 is 1.93 bits per heavy atom. The average molecular weight is 500 g/mol. The lowest BCUT2D eigenvalue weighted by atomic mass is 10.2. The summed E-state index contributed by atoms with van der Waals surface area (Å²) in [4.78, 5) is 6.88. The van der Waals surface area contributed by atoms with Crippen LogP contribution in [-0.2, 0) is 13.1 Å². The van der Waals surface area contributed by atoms with Crippen molar-refractivity contribution < 1.29 is 9.47 Å². The molecule has 28 heavy (non-hydrogen) atoms. The number of nitrogens with one attached hydrogen (secondary N) is 1. The highest BCUT2D eigenvalue weighted by Gasteiger charge is 2.13. The van der Waals surface area contributed by atoms with E-state index in [0.717, 1.165) is 56.5 Å². The molecule has 0 saturated heterocycles. The fourth-order valence-electron chi connectivity index (χ4n) is 2.93. The standard InChI is InChI=1S/C19H28N6O2.HI/c1-3-20-19(21-8-4-5-9-25-14-22-23-15-25)24(2)13-16-6-7-17-18(12-16)27-11-10-26-17;/h6-7,12,14-15H,3-5,8-11,13H2,1-2H3,(H,20,21);1H. The van der Waals surface area contributed by atoms with Gasteiger partial charge < -0.3 is 24.3 Å². The van der Waals surface area contributed by atoms with Crippen molar-refractivity contribution in [2.24, 2.45) is 4.99 Å². The van der Waals surface area contributed by atoms with E-state index in [-0.39, 0.29) is 24.0 Å². The van der Waals surface area contributed by atoms with Gasteiger partial charge in [-0.15, -0.1) is 34.2 Å².